The highest BCUT2D eigenvalue weighted by atomic mass is 35.5. The zero-order valence-corrected chi connectivity index (χ0v) is 20.4. The van der Waals surface area contributed by atoms with E-state index in [4.69, 9.17) is 27.6 Å². The lowest BCUT2D eigenvalue weighted by molar-refractivity contribution is 0.0935. The molecule has 11 heteroatoms. The van der Waals surface area contributed by atoms with Gasteiger partial charge in [0.1, 0.15) is 10.7 Å². The van der Waals surface area contributed by atoms with Gasteiger partial charge in [-0.3, -0.25) is 9.36 Å². The van der Waals surface area contributed by atoms with Crippen molar-refractivity contribution in [2.75, 3.05) is 0 Å². The molecule has 0 saturated carbocycles. The number of thiazole rings is 1. The lowest BCUT2D eigenvalue weighted by Gasteiger charge is -2.10. The van der Waals surface area contributed by atoms with Gasteiger partial charge in [-0.1, -0.05) is 41.9 Å². The van der Waals surface area contributed by atoms with E-state index in [1.165, 1.54) is 23.1 Å². The zero-order valence-electron chi connectivity index (χ0n) is 17.2. The fourth-order valence-corrected chi connectivity index (χ4v) is 4.83. The highest BCUT2D eigenvalue weighted by molar-refractivity contribution is 7.98. The molecule has 0 radical (unpaired) electrons. The molecule has 1 unspecified atom stereocenters. The Morgan fingerprint density at radius 2 is 2.12 bits per heavy atom. The van der Waals surface area contributed by atoms with E-state index in [0.29, 0.717) is 38.2 Å². The first-order chi connectivity index (χ1) is 15.5. The number of hydrogen-bond donors (Lipinski definition) is 1. The fourth-order valence-electron chi connectivity index (χ4n) is 2.79. The molecule has 1 atom stereocenters. The van der Waals surface area contributed by atoms with Crippen LogP contribution in [-0.2, 0) is 5.75 Å². The third-order valence-electron chi connectivity index (χ3n) is 4.64. The summed E-state index contributed by atoms with van der Waals surface area (Å²) in [7, 11) is 0. The van der Waals surface area contributed by atoms with Crippen LogP contribution in [0.2, 0.25) is 10.0 Å². The van der Waals surface area contributed by atoms with Crippen LogP contribution in [0.1, 0.15) is 35.8 Å². The molecule has 0 saturated heterocycles. The molecular weight excluding hydrogens is 489 g/mol. The van der Waals surface area contributed by atoms with Crippen LogP contribution in [0.5, 0.6) is 0 Å². The molecule has 1 amide bonds. The number of furan rings is 1. The maximum absolute atomic E-state index is 12.3. The molecule has 0 bridgehead atoms. The van der Waals surface area contributed by atoms with Crippen molar-refractivity contribution in [1.82, 2.24) is 25.1 Å². The van der Waals surface area contributed by atoms with E-state index in [1.807, 2.05) is 30.5 Å². The molecule has 1 aromatic carbocycles. The topological polar surface area (TPSA) is 85.8 Å². The molecule has 7 nitrogen and oxygen atoms in total. The Balaban J connectivity index is 1.58. The maximum Gasteiger partial charge on any atom is 0.270 e. The highest BCUT2D eigenvalue weighted by Crippen LogP contribution is 2.33. The Kier molecular flexibility index (Phi) is 7.20. The van der Waals surface area contributed by atoms with Gasteiger partial charge < -0.3 is 9.73 Å². The van der Waals surface area contributed by atoms with Gasteiger partial charge in [-0.15, -0.1) is 21.5 Å². The van der Waals surface area contributed by atoms with Crippen LogP contribution in [0.15, 0.2) is 51.5 Å². The van der Waals surface area contributed by atoms with Crippen molar-refractivity contribution < 1.29 is 9.21 Å². The van der Waals surface area contributed by atoms with E-state index in [0.717, 1.165) is 17.1 Å². The number of nitrogens with zero attached hydrogens (tertiary/aromatic N) is 4. The molecule has 4 rings (SSSR count). The summed E-state index contributed by atoms with van der Waals surface area (Å²) in [6.45, 7) is 3.99. The van der Waals surface area contributed by atoms with Gasteiger partial charge >= 0.3 is 0 Å². The predicted molar refractivity (Wildman–Crippen MR) is 128 cm³/mol. The largest absolute Gasteiger partial charge is 0.461 e. The number of hydrogen-bond acceptors (Lipinski definition) is 7. The molecule has 1 N–H and O–H groups in total. The van der Waals surface area contributed by atoms with Gasteiger partial charge in [0, 0.05) is 11.4 Å². The van der Waals surface area contributed by atoms with E-state index in [-0.39, 0.29) is 11.9 Å². The highest BCUT2D eigenvalue weighted by Gasteiger charge is 2.20. The predicted octanol–water partition coefficient (Wildman–Crippen LogP) is 6.11. The molecule has 0 aliphatic heterocycles. The maximum atomic E-state index is 12.3. The van der Waals surface area contributed by atoms with Crippen molar-refractivity contribution in [2.45, 2.75) is 37.2 Å². The molecule has 4 aromatic rings. The number of nitrogens with one attached hydrogen (secondary N) is 1. The molecule has 0 spiro atoms. The number of amides is 1. The van der Waals surface area contributed by atoms with Crippen LogP contribution in [0, 0.1) is 0 Å². The van der Waals surface area contributed by atoms with Crippen LogP contribution in [0.4, 0.5) is 0 Å². The molecule has 0 fully saturated rings. The number of aromatic nitrogens is 4. The van der Waals surface area contributed by atoms with Gasteiger partial charge in [0.2, 0.25) is 5.82 Å². The third-order valence-corrected chi connectivity index (χ3v) is 7.35. The summed E-state index contributed by atoms with van der Waals surface area (Å²) >= 11 is 15.2. The number of halogens is 2. The normalized spacial score (nSPS) is 12.1. The van der Waals surface area contributed by atoms with E-state index in [9.17, 15) is 4.79 Å². The lowest BCUT2D eigenvalue weighted by atomic mass is 10.2. The molecule has 3 heterocycles. The van der Waals surface area contributed by atoms with Crippen molar-refractivity contribution in [3.05, 3.63) is 62.7 Å². The minimum absolute atomic E-state index is 0.104. The Bertz CT molecular complexity index is 1220. The fraction of sp³-hybridized carbons (Fsp3) is 0.238. The number of rotatable bonds is 8. The van der Waals surface area contributed by atoms with E-state index in [2.05, 4.69) is 20.5 Å². The summed E-state index contributed by atoms with van der Waals surface area (Å²) in [6, 6.07) is 9.03. The summed E-state index contributed by atoms with van der Waals surface area (Å²) < 4.78 is 7.39. The first-order valence-electron chi connectivity index (χ1n) is 9.79. The summed E-state index contributed by atoms with van der Waals surface area (Å²) in [5, 5.41) is 15.7. The second-order valence-corrected chi connectivity index (χ2v) is 9.61. The average molecular weight is 508 g/mol. The number of carbonyl (C=O) groups is 1. The van der Waals surface area contributed by atoms with Crippen LogP contribution >= 0.6 is 46.3 Å². The van der Waals surface area contributed by atoms with Gasteiger partial charge in [-0.2, -0.15) is 0 Å². The minimum Gasteiger partial charge on any atom is -0.461 e. The third kappa shape index (κ3) is 5.01. The first-order valence-corrected chi connectivity index (χ1v) is 12.4. The molecule has 0 aliphatic rings. The first kappa shape index (κ1) is 22.8. The van der Waals surface area contributed by atoms with Gasteiger partial charge in [0.05, 0.1) is 27.7 Å². The molecule has 3 aromatic heterocycles. The minimum atomic E-state index is -0.161. The SMILES string of the molecule is CCC(C)NC(=O)c1csc(CSc2nnc(-c3ccco3)n2-c2ccc(Cl)c(Cl)c2)n1. The van der Waals surface area contributed by atoms with E-state index in [1.54, 1.807) is 29.8 Å². The average Bonchev–Trinajstić information content (AvgIpc) is 3.54. The lowest BCUT2D eigenvalue weighted by Crippen LogP contribution is -2.32. The van der Waals surface area contributed by atoms with Crippen LogP contribution in [0.3, 0.4) is 0 Å². The number of thioether (sulfide) groups is 1. The summed E-state index contributed by atoms with van der Waals surface area (Å²) in [6.07, 6.45) is 2.44. The van der Waals surface area contributed by atoms with Crippen LogP contribution in [-0.4, -0.2) is 31.7 Å². The number of benzene rings is 1. The van der Waals surface area contributed by atoms with Crippen molar-refractivity contribution in [3.8, 4) is 17.3 Å². The number of carbonyl (C=O) groups excluding carboxylic acids is 1. The molecule has 32 heavy (non-hydrogen) atoms. The summed E-state index contributed by atoms with van der Waals surface area (Å²) in [5.41, 5.74) is 1.18. The van der Waals surface area contributed by atoms with E-state index >= 15 is 0 Å². The van der Waals surface area contributed by atoms with E-state index < -0.39 is 0 Å². The second kappa shape index (κ2) is 10.1. The standard InChI is InChI=1S/C21H19Cl2N5O2S2/c1-3-12(2)24-20(29)16-10-31-18(25-16)11-32-21-27-26-19(17-5-4-8-30-17)28(21)13-6-7-14(22)15(23)9-13/h4-10,12H,3,11H2,1-2H3,(H,24,29). The van der Waals surface area contributed by atoms with Gasteiger partial charge in [0.25, 0.3) is 5.91 Å². The Labute approximate surface area is 203 Å². The summed E-state index contributed by atoms with van der Waals surface area (Å²) in [4.78, 5) is 16.8. The Morgan fingerprint density at radius 1 is 1.28 bits per heavy atom. The second-order valence-electron chi connectivity index (χ2n) is 6.92. The van der Waals surface area contributed by atoms with Crippen molar-refractivity contribution >= 4 is 52.2 Å². The van der Waals surface area contributed by atoms with Crippen molar-refractivity contribution in [3.63, 3.8) is 0 Å². The zero-order chi connectivity index (χ0) is 22.7. The van der Waals surface area contributed by atoms with Gasteiger partial charge in [-0.25, -0.2) is 4.98 Å². The van der Waals surface area contributed by atoms with Crippen LogP contribution < -0.4 is 5.32 Å². The monoisotopic (exact) mass is 507 g/mol. The van der Waals surface area contributed by atoms with Crippen molar-refractivity contribution in [1.29, 1.82) is 0 Å². The Hall–Kier alpha value is -2.33. The molecule has 0 aliphatic carbocycles. The smallest absolute Gasteiger partial charge is 0.270 e. The molecule has 166 valence electrons. The quantitative estimate of drug-likeness (QED) is 0.289. The Morgan fingerprint density at radius 3 is 2.84 bits per heavy atom. The molecular formula is C21H19Cl2N5O2S2. The van der Waals surface area contributed by atoms with Crippen molar-refractivity contribution in [2.24, 2.45) is 0 Å². The van der Waals surface area contributed by atoms with Gasteiger partial charge in [0.15, 0.2) is 10.9 Å². The van der Waals surface area contributed by atoms with Gasteiger partial charge in [-0.05, 0) is 43.7 Å². The van der Waals surface area contributed by atoms with Crippen LogP contribution in [0.25, 0.3) is 17.3 Å². The summed E-state index contributed by atoms with van der Waals surface area (Å²) in [5.74, 6) is 1.49.